The van der Waals surface area contributed by atoms with Gasteiger partial charge in [0.05, 0.1) is 5.75 Å². The van der Waals surface area contributed by atoms with E-state index in [0.29, 0.717) is 62.5 Å². The molecule has 0 aliphatic carbocycles. The smallest absolute Gasteiger partial charge is 0.246 e. The zero-order chi connectivity index (χ0) is 25.7. The van der Waals surface area contributed by atoms with Gasteiger partial charge < -0.3 is 14.3 Å². The third-order valence-electron chi connectivity index (χ3n) is 6.23. The second-order valence-corrected chi connectivity index (χ2v) is 10.9. The highest BCUT2D eigenvalue weighted by Gasteiger charge is 2.31. The number of carbonyl (C=O) groups excluding carboxylic acids is 2. The molecule has 2 atom stereocenters. The van der Waals surface area contributed by atoms with Crippen molar-refractivity contribution in [3.8, 4) is 0 Å². The summed E-state index contributed by atoms with van der Waals surface area (Å²) in [6.07, 6.45) is 2.96. The monoisotopic (exact) mass is 520 g/mol. The number of hydrogen-bond donors (Lipinski definition) is 1. The maximum atomic E-state index is 13.4. The van der Waals surface area contributed by atoms with Gasteiger partial charge in [-0.2, -0.15) is 4.98 Å². The summed E-state index contributed by atoms with van der Waals surface area (Å²) >= 11 is 0. The first kappa shape index (κ1) is 25.9. The summed E-state index contributed by atoms with van der Waals surface area (Å²) in [5.41, 5.74) is 0.300. The Hall–Kier alpha value is -3.19. The lowest BCUT2D eigenvalue weighted by Gasteiger charge is -2.27. The number of nitrogens with zero attached hydrogens (tertiary/aromatic N) is 5. The lowest BCUT2D eigenvalue weighted by atomic mass is 10.0. The molecule has 1 aromatic heterocycles. The van der Waals surface area contributed by atoms with Crippen molar-refractivity contribution in [2.75, 3.05) is 19.6 Å². The number of likely N-dealkylation sites (tertiary alicyclic amines) is 1. The van der Waals surface area contributed by atoms with Gasteiger partial charge in [0, 0.05) is 32.0 Å². The predicted molar refractivity (Wildman–Crippen MR) is 127 cm³/mol. The summed E-state index contributed by atoms with van der Waals surface area (Å²) in [7, 11) is -3.87. The third-order valence-corrected chi connectivity index (χ3v) is 7.59. The van der Waals surface area contributed by atoms with E-state index < -0.39 is 27.6 Å². The van der Waals surface area contributed by atoms with Crippen LogP contribution in [0.5, 0.6) is 0 Å². The quantitative estimate of drug-likeness (QED) is 0.491. The van der Waals surface area contributed by atoms with Gasteiger partial charge in [-0.25, -0.2) is 17.5 Å². The first-order chi connectivity index (χ1) is 17.2. The van der Waals surface area contributed by atoms with Gasteiger partial charge in [0.25, 0.3) is 0 Å². The highest BCUT2D eigenvalue weighted by atomic mass is 32.2. The van der Waals surface area contributed by atoms with Crippen molar-refractivity contribution in [2.24, 2.45) is 10.9 Å². The molecule has 1 fully saturated rings. The van der Waals surface area contributed by atoms with Crippen LogP contribution in [0.15, 0.2) is 33.8 Å². The Morgan fingerprint density at radius 3 is 2.92 bits per heavy atom. The SMILES string of the molecule is CC1=NCC(Cc2noc(CN3CCCCC(NS(=O)(=O)Cc4cccc(F)c4)C3=O)n2)CN1C=O. The highest BCUT2D eigenvalue weighted by Crippen LogP contribution is 2.18. The average molecular weight is 521 g/mol. The van der Waals surface area contributed by atoms with Crippen LogP contribution >= 0.6 is 0 Å². The van der Waals surface area contributed by atoms with Crippen LogP contribution in [0, 0.1) is 11.7 Å². The van der Waals surface area contributed by atoms with Crippen molar-refractivity contribution in [3.63, 3.8) is 0 Å². The second-order valence-electron chi connectivity index (χ2n) is 9.14. The van der Waals surface area contributed by atoms with Gasteiger partial charge in [-0.05, 0) is 43.9 Å². The Bertz CT molecular complexity index is 1230. The number of halogens is 1. The van der Waals surface area contributed by atoms with Crippen LogP contribution < -0.4 is 4.72 Å². The van der Waals surface area contributed by atoms with Crippen LogP contribution in [0.1, 0.15) is 43.5 Å². The molecular formula is C23H29FN6O5S. The Labute approximate surface area is 208 Å². The normalized spacial score (nSPS) is 21.3. The van der Waals surface area contributed by atoms with Gasteiger partial charge in [0.2, 0.25) is 28.2 Å². The van der Waals surface area contributed by atoms with Gasteiger partial charge in [0.15, 0.2) is 5.82 Å². The van der Waals surface area contributed by atoms with E-state index in [2.05, 4.69) is 19.9 Å². The van der Waals surface area contributed by atoms with Crippen molar-refractivity contribution in [2.45, 2.75) is 50.9 Å². The van der Waals surface area contributed by atoms with Crippen LogP contribution in [0.4, 0.5) is 4.39 Å². The summed E-state index contributed by atoms with van der Waals surface area (Å²) in [5, 5.41) is 4.00. The largest absolute Gasteiger partial charge is 0.337 e. The molecule has 0 spiro atoms. The molecule has 4 rings (SSSR count). The lowest BCUT2D eigenvalue weighted by molar-refractivity contribution is -0.133. The van der Waals surface area contributed by atoms with Gasteiger partial charge in [-0.15, -0.1) is 0 Å². The molecule has 0 bridgehead atoms. The summed E-state index contributed by atoms with van der Waals surface area (Å²) in [6.45, 7) is 3.36. The van der Waals surface area contributed by atoms with Crippen molar-refractivity contribution in [1.29, 1.82) is 0 Å². The molecule has 2 aromatic rings. The number of nitrogens with one attached hydrogen (secondary N) is 1. The molecule has 1 saturated heterocycles. The molecule has 2 unspecified atom stereocenters. The maximum absolute atomic E-state index is 13.4. The molecule has 0 saturated carbocycles. The van der Waals surface area contributed by atoms with Gasteiger partial charge in [-0.1, -0.05) is 17.3 Å². The number of sulfonamides is 1. The highest BCUT2D eigenvalue weighted by molar-refractivity contribution is 7.88. The standard InChI is InChI=1S/C23H29FN6O5S/c1-16-25-11-18(12-30(16)15-31)10-21-26-22(35-27-21)13-29-8-3-2-7-20(23(29)32)28-36(33,34)14-17-5-4-6-19(24)9-17/h4-6,9,15,18,20,28H,2-3,7-8,10-14H2,1H3. The number of hydrogen-bond acceptors (Lipinski definition) is 8. The fourth-order valence-corrected chi connectivity index (χ4v) is 5.76. The first-order valence-corrected chi connectivity index (χ1v) is 13.5. The molecule has 11 nitrogen and oxygen atoms in total. The van der Waals surface area contributed by atoms with Gasteiger partial charge in [-0.3, -0.25) is 14.6 Å². The van der Waals surface area contributed by atoms with E-state index in [1.165, 1.54) is 23.1 Å². The number of amides is 2. The van der Waals surface area contributed by atoms with Crippen LogP contribution in [0.3, 0.4) is 0 Å². The van der Waals surface area contributed by atoms with Gasteiger partial charge >= 0.3 is 0 Å². The Kier molecular flexibility index (Phi) is 8.09. The minimum Gasteiger partial charge on any atom is -0.337 e. The van der Waals surface area contributed by atoms with E-state index >= 15 is 0 Å². The van der Waals surface area contributed by atoms with Crippen LogP contribution in [-0.4, -0.2) is 72.2 Å². The molecule has 1 aromatic carbocycles. The Morgan fingerprint density at radius 2 is 2.14 bits per heavy atom. The molecule has 13 heteroatoms. The fraction of sp³-hybridized carbons (Fsp3) is 0.522. The van der Waals surface area contributed by atoms with Crippen molar-refractivity contribution in [3.05, 3.63) is 47.4 Å². The number of amidine groups is 1. The number of aromatic nitrogens is 2. The molecule has 194 valence electrons. The van der Waals surface area contributed by atoms with E-state index in [1.807, 2.05) is 0 Å². The molecule has 2 aliphatic rings. The number of rotatable bonds is 9. The second kappa shape index (κ2) is 11.2. The van der Waals surface area contributed by atoms with E-state index in [4.69, 9.17) is 4.52 Å². The summed E-state index contributed by atoms with van der Waals surface area (Å²) in [5.74, 6) is 0.138. The predicted octanol–water partition coefficient (Wildman–Crippen LogP) is 1.26. The fourth-order valence-electron chi connectivity index (χ4n) is 4.40. The first-order valence-electron chi connectivity index (χ1n) is 11.8. The van der Waals surface area contributed by atoms with Crippen LogP contribution in [-0.2, 0) is 38.3 Å². The van der Waals surface area contributed by atoms with E-state index in [9.17, 15) is 22.4 Å². The van der Waals surface area contributed by atoms with Crippen LogP contribution in [0.2, 0.25) is 0 Å². The maximum Gasteiger partial charge on any atom is 0.246 e. The topological polar surface area (TPSA) is 138 Å². The molecular weight excluding hydrogens is 491 g/mol. The molecule has 2 aliphatic heterocycles. The zero-order valence-corrected chi connectivity index (χ0v) is 20.8. The van der Waals surface area contributed by atoms with E-state index in [0.717, 1.165) is 12.5 Å². The van der Waals surface area contributed by atoms with Crippen LogP contribution in [0.25, 0.3) is 0 Å². The average Bonchev–Trinajstić information content (AvgIpc) is 3.20. The minimum absolute atomic E-state index is 0.0565. The molecule has 36 heavy (non-hydrogen) atoms. The molecule has 0 radical (unpaired) electrons. The summed E-state index contributed by atoms with van der Waals surface area (Å²) in [4.78, 5) is 36.1. The number of benzene rings is 1. The molecule has 3 heterocycles. The Balaban J connectivity index is 1.37. The van der Waals surface area contributed by atoms with Crippen molar-refractivity contribution in [1.82, 2.24) is 24.7 Å². The molecule has 1 N–H and O–H groups in total. The number of carbonyl (C=O) groups is 2. The van der Waals surface area contributed by atoms with Crippen molar-refractivity contribution < 1.29 is 26.9 Å². The molecule has 2 amide bonds. The third kappa shape index (κ3) is 6.72. The Morgan fingerprint density at radius 1 is 1.31 bits per heavy atom. The van der Waals surface area contributed by atoms with E-state index in [-0.39, 0.29) is 24.3 Å². The van der Waals surface area contributed by atoms with E-state index in [1.54, 1.807) is 11.8 Å². The summed E-state index contributed by atoms with van der Waals surface area (Å²) in [6, 6.07) is 4.44. The lowest BCUT2D eigenvalue weighted by Crippen LogP contribution is -2.47. The minimum atomic E-state index is -3.87. The number of aliphatic imine (C=N–C) groups is 1. The zero-order valence-electron chi connectivity index (χ0n) is 20.0. The van der Waals surface area contributed by atoms with Crippen molar-refractivity contribution >= 4 is 28.2 Å². The summed E-state index contributed by atoms with van der Waals surface area (Å²) < 4.78 is 46.6. The van der Waals surface area contributed by atoms with Gasteiger partial charge in [0.1, 0.15) is 24.2 Å².